The Morgan fingerprint density at radius 2 is 1.59 bits per heavy atom. The first kappa shape index (κ1) is 30.8. The number of nitrogens with two attached hydrogens (primary N) is 1. The van der Waals surface area contributed by atoms with Crippen molar-refractivity contribution in [2.45, 2.75) is 60.6 Å². The molecule has 2 heterocycles. The number of fused-ring (bicyclic) bond motifs is 1. The minimum absolute atomic E-state index is 0.127. The molecule has 0 radical (unpaired) electrons. The van der Waals surface area contributed by atoms with Crippen LogP contribution in [0.3, 0.4) is 0 Å². The average molecular weight is 546 g/mol. The summed E-state index contributed by atoms with van der Waals surface area (Å²) in [5.41, 5.74) is 5.02. The van der Waals surface area contributed by atoms with Crippen molar-refractivity contribution >= 4 is 37.0 Å². The first-order valence-corrected chi connectivity index (χ1v) is 13.1. The highest BCUT2D eigenvalue weighted by Gasteiger charge is 2.47. The van der Waals surface area contributed by atoms with Gasteiger partial charge >= 0.3 is 20.1 Å². The van der Waals surface area contributed by atoms with E-state index in [1.807, 2.05) is 16.8 Å². The third-order valence-electron chi connectivity index (χ3n) is 5.07. The van der Waals surface area contributed by atoms with Crippen LogP contribution in [0.1, 0.15) is 48.0 Å². The number of rotatable bonds is 13. The molecule has 2 rings (SSSR count). The lowest BCUT2D eigenvalue weighted by Crippen LogP contribution is -2.26. The molecule has 2 aromatic heterocycles. The first-order valence-electron chi connectivity index (χ1n) is 11.6. The molecular formula is C23H38N4O9P+. The molecule has 0 saturated heterocycles. The number of hydrogen-bond acceptors (Lipinski definition) is 12. The Labute approximate surface area is 217 Å². The van der Waals surface area contributed by atoms with Crippen molar-refractivity contribution in [2.24, 2.45) is 10.8 Å². The molecule has 0 saturated carbocycles. The number of aryl methyl sites for hydroxylation is 1. The summed E-state index contributed by atoms with van der Waals surface area (Å²) < 4.78 is 33.6. The molecule has 1 unspecified atom stereocenters. The van der Waals surface area contributed by atoms with E-state index >= 15 is 0 Å². The van der Waals surface area contributed by atoms with Crippen LogP contribution in [-0.2, 0) is 43.9 Å². The van der Waals surface area contributed by atoms with E-state index < -0.39 is 50.6 Å². The Balaban J connectivity index is 1.99. The molecule has 14 heteroatoms. The van der Waals surface area contributed by atoms with Crippen LogP contribution in [0.4, 0.5) is 5.82 Å². The number of ether oxygens (including phenoxy) is 3. The molecule has 0 amide bonds. The van der Waals surface area contributed by atoms with Crippen molar-refractivity contribution in [3.8, 4) is 0 Å². The van der Waals surface area contributed by atoms with Gasteiger partial charge in [0.15, 0.2) is 0 Å². The Morgan fingerprint density at radius 3 is 2.11 bits per heavy atom. The van der Waals surface area contributed by atoms with E-state index in [1.54, 1.807) is 41.5 Å². The van der Waals surface area contributed by atoms with Crippen LogP contribution in [0.15, 0.2) is 18.6 Å². The van der Waals surface area contributed by atoms with Gasteiger partial charge in [-0.2, -0.15) is 9.42 Å². The molecule has 0 spiro atoms. The largest absolute Gasteiger partial charge is 0.579 e. The lowest BCUT2D eigenvalue weighted by atomic mass is 9.98. The van der Waals surface area contributed by atoms with E-state index in [0.29, 0.717) is 24.4 Å². The third kappa shape index (κ3) is 9.44. The molecule has 0 fully saturated rings. The molecule has 37 heavy (non-hydrogen) atoms. The van der Waals surface area contributed by atoms with Gasteiger partial charge in [0.2, 0.25) is 13.6 Å². The zero-order valence-corrected chi connectivity index (χ0v) is 23.3. The van der Waals surface area contributed by atoms with Crippen LogP contribution in [0.25, 0.3) is 11.0 Å². The fourth-order valence-corrected chi connectivity index (χ4v) is 3.72. The van der Waals surface area contributed by atoms with Gasteiger partial charge in [0.1, 0.15) is 24.4 Å². The molecule has 3 N–H and O–H groups in total. The van der Waals surface area contributed by atoms with Gasteiger partial charge < -0.3 is 24.5 Å². The summed E-state index contributed by atoms with van der Waals surface area (Å²) in [4.78, 5) is 43.2. The van der Waals surface area contributed by atoms with Crippen molar-refractivity contribution in [3.63, 3.8) is 0 Å². The van der Waals surface area contributed by atoms with Gasteiger partial charge in [0.05, 0.1) is 22.3 Å². The van der Waals surface area contributed by atoms with Crippen molar-refractivity contribution < 1.29 is 42.3 Å². The second-order valence-corrected chi connectivity index (χ2v) is 12.0. The smallest absolute Gasteiger partial charge is 0.433 e. The summed E-state index contributed by atoms with van der Waals surface area (Å²) in [5.74, 6) is -0.702. The van der Waals surface area contributed by atoms with E-state index in [4.69, 9.17) is 33.5 Å². The van der Waals surface area contributed by atoms with Crippen LogP contribution in [-0.4, -0.2) is 64.8 Å². The Morgan fingerprint density at radius 1 is 1.03 bits per heavy atom. The molecule has 13 nitrogen and oxygen atoms in total. The summed E-state index contributed by atoms with van der Waals surface area (Å²) in [6, 6.07) is 1.83. The Kier molecular flexibility index (Phi) is 10.7. The summed E-state index contributed by atoms with van der Waals surface area (Å²) in [5, 5.41) is 0.740. The zero-order valence-electron chi connectivity index (χ0n) is 22.4. The molecule has 0 aliphatic rings. The lowest BCUT2D eigenvalue weighted by Gasteiger charge is -2.21. The predicted molar refractivity (Wildman–Crippen MR) is 135 cm³/mol. The first-order chi connectivity index (χ1) is 17.2. The fraction of sp³-hybridized carbons (Fsp3) is 0.652. The van der Waals surface area contributed by atoms with Crippen molar-refractivity contribution in [3.05, 3.63) is 18.6 Å². The highest BCUT2D eigenvalue weighted by molar-refractivity contribution is 7.55. The molecule has 0 aliphatic heterocycles. The zero-order chi connectivity index (χ0) is 27.9. The van der Waals surface area contributed by atoms with Gasteiger partial charge in [-0.25, -0.2) is 9.97 Å². The van der Waals surface area contributed by atoms with Gasteiger partial charge in [-0.05, 0) is 54.0 Å². The van der Waals surface area contributed by atoms with Gasteiger partial charge in [-0.15, -0.1) is 9.05 Å². The van der Waals surface area contributed by atoms with Gasteiger partial charge in [0, 0.05) is 19.9 Å². The molecule has 0 bridgehead atoms. The van der Waals surface area contributed by atoms with Crippen LogP contribution in [0.2, 0.25) is 0 Å². The number of carbonyl (C=O) groups is 2. The van der Waals surface area contributed by atoms with Crippen molar-refractivity contribution in [1.29, 1.82) is 0 Å². The number of nitrogens with zero attached hydrogens (tertiary/aromatic N) is 3. The monoisotopic (exact) mass is 545 g/mol. The summed E-state index contributed by atoms with van der Waals surface area (Å²) in [6.45, 7) is 9.18. The minimum atomic E-state index is -4.06. The van der Waals surface area contributed by atoms with Crippen LogP contribution >= 0.6 is 8.17 Å². The number of aromatic nitrogens is 3. The van der Waals surface area contributed by atoms with E-state index in [2.05, 4.69) is 9.97 Å². The third-order valence-corrected chi connectivity index (χ3v) is 6.41. The highest BCUT2D eigenvalue weighted by Crippen LogP contribution is 2.58. The molecule has 0 aliphatic carbocycles. The molecule has 0 aromatic carbocycles. The number of nitrogen functional groups attached to an aromatic ring is 1. The molecule has 2 aromatic rings. The standard InChI is InChI=1S/C23H38N4O9P/c1-22(2,3)20(28)32-14-35-37(30,36-15-33-21(29)23(4,5)6)34-12-16(31-7)8-10-27-11-9-17-18(24)25-13-26-19(17)27/h9,11,13,16,30H,8,10,12,14-15H2,1-7H3,(H2,24,25,26)/q+1. The number of methoxy groups -OCH3 is 1. The van der Waals surface area contributed by atoms with Crippen molar-refractivity contribution in [2.75, 3.05) is 33.0 Å². The lowest BCUT2D eigenvalue weighted by molar-refractivity contribution is -0.165. The van der Waals surface area contributed by atoms with Gasteiger partial charge in [-0.3, -0.25) is 9.59 Å². The van der Waals surface area contributed by atoms with Crippen LogP contribution in [0.5, 0.6) is 0 Å². The topological polar surface area (TPSA) is 166 Å². The van der Waals surface area contributed by atoms with Gasteiger partial charge in [0.25, 0.3) is 0 Å². The van der Waals surface area contributed by atoms with E-state index in [9.17, 15) is 14.5 Å². The number of carbonyl (C=O) groups excluding carboxylic acids is 2. The average Bonchev–Trinajstić information content (AvgIpc) is 3.22. The van der Waals surface area contributed by atoms with Crippen LogP contribution in [0, 0.1) is 10.8 Å². The number of anilines is 1. The maximum atomic E-state index is 12.0. The number of hydrogen-bond donors (Lipinski definition) is 2. The normalized spacial score (nSPS) is 13.5. The quantitative estimate of drug-likeness (QED) is 0.215. The highest BCUT2D eigenvalue weighted by atomic mass is 31.2. The van der Waals surface area contributed by atoms with E-state index in [-0.39, 0.29) is 6.61 Å². The molecule has 208 valence electrons. The van der Waals surface area contributed by atoms with Crippen LogP contribution < -0.4 is 5.73 Å². The summed E-state index contributed by atoms with van der Waals surface area (Å²) >= 11 is 0. The van der Waals surface area contributed by atoms with Crippen molar-refractivity contribution in [1.82, 2.24) is 14.5 Å². The second-order valence-electron chi connectivity index (χ2n) is 10.3. The molecular weight excluding hydrogens is 507 g/mol. The summed E-state index contributed by atoms with van der Waals surface area (Å²) in [6.07, 6.45) is 3.22. The predicted octanol–water partition coefficient (Wildman–Crippen LogP) is 3.23. The maximum absolute atomic E-state index is 12.0. The SMILES string of the molecule is COC(CCn1ccc2c(N)ncnc21)CO[P+](O)(OCOC(=O)C(C)(C)C)OCOC(=O)C(C)(C)C. The van der Waals surface area contributed by atoms with E-state index in [1.165, 1.54) is 13.4 Å². The minimum Gasteiger partial charge on any atom is -0.433 e. The van der Waals surface area contributed by atoms with E-state index in [0.717, 1.165) is 5.39 Å². The maximum Gasteiger partial charge on any atom is 0.579 e. The Hall–Kier alpha value is -2.41. The fourth-order valence-electron chi connectivity index (χ4n) is 2.77. The summed E-state index contributed by atoms with van der Waals surface area (Å²) in [7, 11) is -2.56. The van der Waals surface area contributed by atoms with Gasteiger partial charge in [-0.1, -0.05) is 0 Å². The second kappa shape index (κ2) is 12.9. The molecule has 1 atom stereocenters. The number of esters is 2. The Bertz CT molecular complexity index is 1020.